The van der Waals surface area contributed by atoms with Crippen molar-refractivity contribution in [1.82, 2.24) is 0 Å². The van der Waals surface area contributed by atoms with E-state index in [1.165, 1.54) is 44.6 Å². The molecule has 0 saturated heterocycles. The molecule has 0 amide bonds. The molecule has 1 aromatic rings. The number of alkyl halides is 3. The van der Waals surface area contributed by atoms with Gasteiger partial charge in [-0.25, -0.2) is 4.39 Å². The summed E-state index contributed by atoms with van der Waals surface area (Å²) in [7, 11) is 0. The van der Waals surface area contributed by atoms with Crippen LogP contribution in [-0.2, 0) is 0 Å². The molecule has 0 radical (unpaired) electrons. The summed E-state index contributed by atoms with van der Waals surface area (Å²) in [6, 6.07) is 2.03. The van der Waals surface area contributed by atoms with Crippen LogP contribution in [0.4, 0.5) is 22.0 Å². The van der Waals surface area contributed by atoms with Gasteiger partial charge in [0.1, 0.15) is 0 Å². The Labute approximate surface area is 163 Å². The predicted octanol–water partition coefficient (Wildman–Crippen LogP) is 7.65. The van der Waals surface area contributed by atoms with E-state index in [2.05, 4.69) is 11.7 Å². The van der Waals surface area contributed by atoms with Crippen molar-refractivity contribution < 1.29 is 26.7 Å². The van der Waals surface area contributed by atoms with Gasteiger partial charge in [-0.1, -0.05) is 38.7 Å². The van der Waals surface area contributed by atoms with Crippen LogP contribution in [0.1, 0.15) is 70.3 Å². The summed E-state index contributed by atoms with van der Waals surface area (Å²) in [6.45, 7) is 2.23. The van der Waals surface area contributed by atoms with Crippen LogP contribution in [0.2, 0.25) is 0 Å². The van der Waals surface area contributed by atoms with Crippen LogP contribution >= 0.6 is 0 Å². The lowest BCUT2D eigenvalue weighted by molar-refractivity contribution is -0.275. The zero-order chi connectivity index (χ0) is 20.3. The van der Waals surface area contributed by atoms with E-state index in [1.807, 2.05) is 6.08 Å². The summed E-state index contributed by atoms with van der Waals surface area (Å²) in [6.07, 6.45) is 6.83. The summed E-state index contributed by atoms with van der Waals surface area (Å²) in [5.74, 6) is -1.89. The maximum absolute atomic E-state index is 14.3. The third-order valence-electron chi connectivity index (χ3n) is 6.32. The highest BCUT2D eigenvalue weighted by molar-refractivity contribution is 5.67. The van der Waals surface area contributed by atoms with Crippen LogP contribution in [0.25, 0.3) is 5.57 Å². The Hall–Kier alpha value is -1.59. The van der Waals surface area contributed by atoms with Crippen molar-refractivity contribution in [3.05, 3.63) is 35.4 Å². The second kappa shape index (κ2) is 8.83. The number of allylic oxidation sites excluding steroid dienone is 2. The van der Waals surface area contributed by atoms with Gasteiger partial charge in [0, 0.05) is 5.56 Å². The lowest BCUT2D eigenvalue weighted by atomic mass is 9.70. The first kappa shape index (κ1) is 21.1. The molecule has 6 heteroatoms. The van der Waals surface area contributed by atoms with E-state index in [4.69, 9.17) is 0 Å². The van der Waals surface area contributed by atoms with Crippen LogP contribution in [0, 0.1) is 29.4 Å². The molecule has 0 aliphatic heterocycles. The molecular formula is C22H27F5O. The summed E-state index contributed by atoms with van der Waals surface area (Å²) < 4.78 is 68.7. The highest BCUT2D eigenvalue weighted by atomic mass is 19.4. The first-order chi connectivity index (χ1) is 13.3. The minimum absolute atomic E-state index is 0.0390. The van der Waals surface area contributed by atoms with Crippen molar-refractivity contribution in [3.63, 3.8) is 0 Å². The fourth-order valence-electron chi connectivity index (χ4n) is 4.87. The average molecular weight is 402 g/mol. The minimum Gasteiger partial charge on any atom is -0.403 e. The van der Waals surface area contributed by atoms with E-state index < -0.39 is 23.7 Å². The van der Waals surface area contributed by atoms with E-state index in [0.717, 1.165) is 24.8 Å². The third-order valence-corrected chi connectivity index (χ3v) is 6.32. The maximum atomic E-state index is 14.3. The first-order valence-electron chi connectivity index (χ1n) is 10.2. The van der Waals surface area contributed by atoms with Gasteiger partial charge < -0.3 is 4.74 Å². The predicted molar refractivity (Wildman–Crippen MR) is 98.7 cm³/mol. The average Bonchev–Trinajstić information content (AvgIpc) is 2.66. The van der Waals surface area contributed by atoms with Crippen molar-refractivity contribution in [2.75, 3.05) is 0 Å². The first-order valence-corrected chi connectivity index (χ1v) is 10.2. The van der Waals surface area contributed by atoms with E-state index in [1.54, 1.807) is 0 Å². The van der Waals surface area contributed by atoms with Gasteiger partial charge in [0.2, 0.25) is 5.82 Å². The number of rotatable bonds is 5. The van der Waals surface area contributed by atoms with Crippen LogP contribution in [0.15, 0.2) is 18.2 Å². The molecule has 0 spiro atoms. The SMILES string of the molecule is CCC[C@H]1CC[C@H](C2CC=C(c3ccc(OC(F)(F)F)c(F)c3F)CC2)CC1. The second-order valence-electron chi connectivity index (χ2n) is 8.12. The zero-order valence-corrected chi connectivity index (χ0v) is 16.1. The van der Waals surface area contributed by atoms with Crippen molar-refractivity contribution in [1.29, 1.82) is 0 Å². The molecule has 0 bridgehead atoms. The van der Waals surface area contributed by atoms with Crippen LogP contribution in [-0.4, -0.2) is 6.36 Å². The fourth-order valence-corrected chi connectivity index (χ4v) is 4.87. The molecule has 0 N–H and O–H groups in total. The lowest BCUT2D eigenvalue weighted by Gasteiger charge is -2.35. The van der Waals surface area contributed by atoms with Crippen molar-refractivity contribution in [2.45, 2.75) is 71.1 Å². The normalized spacial score (nSPS) is 26.1. The van der Waals surface area contributed by atoms with E-state index in [-0.39, 0.29) is 5.56 Å². The molecule has 2 aliphatic carbocycles. The van der Waals surface area contributed by atoms with Crippen molar-refractivity contribution >= 4 is 5.57 Å². The van der Waals surface area contributed by atoms with E-state index in [0.29, 0.717) is 23.8 Å². The molecule has 1 fully saturated rings. The van der Waals surface area contributed by atoms with Crippen LogP contribution < -0.4 is 4.74 Å². The largest absolute Gasteiger partial charge is 0.573 e. The minimum atomic E-state index is -5.05. The Morgan fingerprint density at radius 1 is 0.964 bits per heavy atom. The molecule has 2 aliphatic rings. The Balaban J connectivity index is 1.64. The Morgan fingerprint density at radius 3 is 2.25 bits per heavy atom. The standard InChI is InChI=1S/C22H27F5O/c1-2-3-14-4-6-15(7-5-14)16-8-10-17(11-9-16)18-12-13-19(21(24)20(18)23)28-22(25,26)27/h10,12-16H,2-9,11H2,1H3/t14-,15-,16?. The Bertz CT molecular complexity index is 702. The van der Waals surface area contributed by atoms with E-state index in [9.17, 15) is 22.0 Å². The van der Waals surface area contributed by atoms with Gasteiger partial charge in [-0.3, -0.25) is 0 Å². The molecule has 1 saturated carbocycles. The van der Waals surface area contributed by atoms with Gasteiger partial charge in [0.05, 0.1) is 0 Å². The third kappa shape index (κ3) is 5.06. The molecule has 1 atom stereocenters. The van der Waals surface area contributed by atoms with Crippen molar-refractivity contribution in [3.8, 4) is 5.75 Å². The zero-order valence-electron chi connectivity index (χ0n) is 16.1. The number of ether oxygens (including phenoxy) is 1. The lowest BCUT2D eigenvalue weighted by Crippen LogP contribution is -2.23. The maximum Gasteiger partial charge on any atom is 0.573 e. The van der Waals surface area contributed by atoms with E-state index >= 15 is 0 Å². The van der Waals surface area contributed by atoms with Crippen molar-refractivity contribution in [2.24, 2.45) is 17.8 Å². The van der Waals surface area contributed by atoms with Gasteiger partial charge in [-0.2, -0.15) is 4.39 Å². The number of hydrogen-bond acceptors (Lipinski definition) is 1. The molecule has 1 unspecified atom stereocenters. The highest BCUT2D eigenvalue weighted by Crippen LogP contribution is 2.43. The van der Waals surface area contributed by atoms with Gasteiger partial charge in [-0.15, -0.1) is 13.2 Å². The molecule has 0 aromatic heterocycles. The second-order valence-corrected chi connectivity index (χ2v) is 8.12. The highest BCUT2D eigenvalue weighted by Gasteiger charge is 2.34. The van der Waals surface area contributed by atoms with Gasteiger partial charge in [0.25, 0.3) is 0 Å². The van der Waals surface area contributed by atoms with Crippen LogP contribution in [0.5, 0.6) is 5.75 Å². The molecule has 0 heterocycles. The monoisotopic (exact) mass is 402 g/mol. The molecule has 1 nitrogen and oxygen atoms in total. The smallest absolute Gasteiger partial charge is 0.403 e. The number of halogens is 5. The summed E-state index contributed by atoms with van der Waals surface area (Å²) >= 11 is 0. The fraction of sp³-hybridized carbons (Fsp3) is 0.636. The number of hydrogen-bond donors (Lipinski definition) is 0. The number of benzene rings is 1. The molecule has 3 rings (SSSR count). The van der Waals surface area contributed by atoms with Crippen LogP contribution in [0.3, 0.4) is 0 Å². The molecule has 28 heavy (non-hydrogen) atoms. The quantitative estimate of drug-likeness (QED) is 0.460. The summed E-state index contributed by atoms with van der Waals surface area (Å²) in [5.41, 5.74) is 0.711. The molecular weight excluding hydrogens is 375 g/mol. The topological polar surface area (TPSA) is 9.23 Å². The Kier molecular flexibility index (Phi) is 6.66. The van der Waals surface area contributed by atoms with Gasteiger partial charge >= 0.3 is 6.36 Å². The Morgan fingerprint density at radius 2 is 1.68 bits per heavy atom. The van der Waals surface area contributed by atoms with Gasteiger partial charge in [-0.05, 0) is 67.6 Å². The summed E-state index contributed by atoms with van der Waals surface area (Å²) in [4.78, 5) is 0. The van der Waals surface area contributed by atoms with Gasteiger partial charge in [0.15, 0.2) is 11.6 Å². The molecule has 1 aromatic carbocycles. The summed E-state index contributed by atoms with van der Waals surface area (Å²) in [5, 5.41) is 0. The molecule has 156 valence electrons.